The lowest BCUT2D eigenvalue weighted by atomic mass is 10.3. The highest BCUT2D eigenvalue weighted by molar-refractivity contribution is 5.64. The normalized spacial score (nSPS) is 8.56. The highest BCUT2D eigenvalue weighted by atomic mass is 16.3. The van der Waals surface area contributed by atoms with Gasteiger partial charge in [0.1, 0.15) is 6.29 Å². The minimum atomic E-state index is 0. The topological polar surface area (TPSA) is 68.8 Å². The van der Waals surface area contributed by atoms with Crippen molar-refractivity contribution >= 4 is 6.29 Å². The van der Waals surface area contributed by atoms with Crippen LogP contribution in [0.2, 0.25) is 0 Å². The van der Waals surface area contributed by atoms with Crippen LogP contribution < -0.4 is 0 Å². The van der Waals surface area contributed by atoms with E-state index in [0.29, 0.717) is 12.2 Å². The van der Waals surface area contributed by atoms with Gasteiger partial charge in [-0.25, -0.2) is 0 Å². The first-order valence-electron chi connectivity index (χ1n) is 4.72. The van der Waals surface area contributed by atoms with Gasteiger partial charge in [0.2, 0.25) is 0 Å². The van der Waals surface area contributed by atoms with Crippen LogP contribution in [-0.4, -0.2) is 16.9 Å². The molecule has 16 heavy (non-hydrogen) atoms. The summed E-state index contributed by atoms with van der Waals surface area (Å²) in [4.78, 5) is 9.32. The number of hydrogen-bond donors (Lipinski definition) is 1. The zero-order valence-corrected chi connectivity index (χ0v) is 10.4. The van der Waals surface area contributed by atoms with E-state index in [0.717, 1.165) is 6.29 Å². The first kappa shape index (κ1) is 23.9. The number of carbonyl (C=O) groups is 1. The zero-order valence-electron chi connectivity index (χ0n) is 10.4. The van der Waals surface area contributed by atoms with E-state index < -0.39 is 0 Å². The minimum absolute atomic E-state index is 0. The maximum absolute atomic E-state index is 9.32. The molecule has 0 rings (SSSR count). The second-order valence-corrected chi connectivity index (χ2v) is 2.34. The summed E-state index contributed by atoms with van der Waals surface area (Å²) in [5.74, 6) is 0.384. The van der Waals surface area contributed by atoms with E-state index in [4.69, 9.17) is 5.11 Å². The molecule has 0 aromatic rings. The Kier molecular flexibility index (Phi) is 43.6. The van der Waals surface area contributed by atoms with Crippen LogP contribution in [0.5, 0.6) is 0 Å². The monoisotopic (exact) mass is 230 g/mol. The van der Waals surface area contributed by atoms with Gasteiger partial charge in [-0.3, -0.25) is 4.79 Å². The lowest BCUT2D eigenvalue weighted by molar-refractivity contribution is -0.104. The molecule has 0 saturated heterocycles. The van der Waals surface area contributed by atoms with Crippen molar-refractivity contribution in [3.8, 4) is 0 Å². The second-order valence-electron chi connectivity index (χ2n) is 2.34. The van der Waals surface area contributed by atoms with Gasteiger partial charge < -0.3 is 10.6 Å². The molecule has 0 fully saturated rings. The van der Waals surface area contributed by atoms with E-state index in [9.17, 15) is 4.79 Å². The Bertz CT molecular complexity index is 209. The van der Waals surface area contributed by atoms with Crippen LogP contribution in [0.4, 0.5) is 0 Å². The van der Waals surface area contributed by atoms with Crippen molar-refractivity contribution in [2.45, 2.75) is 27.2 Å². The average Bonchev–Trinajstić information content (AvgIpc) is 2.21. The van der Waals surface area contributed by atoms with Crippen molar-refractivity contribution in [2.24, 2.45) is 0 Å². The molecule has 0 aliphatic heterocycles. The molecule has 0 aliphatic carbocycles. The van der Waals surface area contributed by atoms with Crippen molar-refractivity contribution in [1.82, 2.24) is 0 Å². The van der Waals surface area contributed by atoms with Crippen molar-refractivity contribution in [1.29, 1.82) is 0 Å². The van der Waals surface area contributed by atoms with E-state index in [-0.39, 0.29) is 6.90 Å². The molecule has 96 valence electrons. The van der Waals surface area contributed by atoms with Crippen LogP contribution in [0.1, 0.15) is 28.6 Å². The molecule has 0 amide bonds. The molecule has 3 nitrogen and oxygen atoms in total. The summed E-state index contributed by atoms with van der Waals surface area (Å²) in [6.07, 6.45) is 9.53. The van der Waals surface area contributed by atoms with E-state index in [1.54, 1.807) is 38.2 Å². The Morgan fingerprint density at radius 2 is 1.75 bits per heavy atom. The van der Waals surface area contributed by atoms with E-state index in [1.807, 2.05) is 6.92 Å². The molecule has 0 aromatic heterocycles. The molecule has 0 saturated carbocycles. The molecule has 0 bridgehead atoms. The number of carbonyl (C=O) groups excluding carboxylic acids is 1. The standard InChI is InChI=1S/C6H10O.C4H6O.C3H6.H2O.H2/c1-3-5-6(7)4-2;1-2-3-4-5;1-3-2;;/h3-4,7H,1,5H2,2H3;2-4H,1H3;3H,1H2,2H3;1H2;1H. The highest BCUT2D eigenvalue weighted by Crippen LogP contribution is 1.93. The van der Waals surface area contributed by atoms with Gasteiger partial charge in [0.25, 0.3) is 0 Å². The summed E-state index contributed by atoms with van der Waals surface area (Å²) in [5.41, 5.74) is 0. The summed E-state index contributed by atoms with van der Waals surface area (Å²) >= 11 is 0. The summed E-state index contributed by atoms with van der Waals surface area (Å²) in [7, 11) is 0. The third-order valence-corrected chi connectivity index (χ3v) is 0.958. The third-order valence-electron chi connectivity index (χ3n) is 0.958. The largest absolute Gasteiger partial charge is 0.512 e. The van der Waals surface area contributed by atoms with Gasteiger partial charge in [-0.2, -0.15) is 0 Å². The number of rotatable bonds is 3. The van der Waals surface area contributed by atoms with Crippen molar-refractivity contribution in [2.75, 3.05) is 0 Å². The molecule has 3 N–H and O–H groups in total. The molecule has 0 spiro atoms. The first-order valence-corrected chi connectivity index (χ1v) is 4.72. The Morgan fingerprint density at radius 1 is 1.31 bits per heavy atom. The van der Waals surface area contributed by atoms with Crippen LogP contribution >= 0.6 is 0 Å². The molecule has 0 aliphatic rings. The van der Waals surface area contributed by atoms with Crippen LogP contribution in [-0.2, 0) is 4.79 Å². The number of hydrogen-bond acceptors (Lipinski definition) is 2. The second kappa shape index (κ2) is 29.2. The minimum Gasteiger partial charge on any atom is -0.512 e. The van der Waals surface area contributed by atoms with Gasteiger partial charge >= 0.3 is 0 Å². The summed E-state index contributed by atoms with van der Waals surface area (Å²) in [6.45, 7) is 12.3. The molecule has 0 radical (unpaired) electrons. The Morgan fingerprint density at radius 3 is 1.81 bits per heavy atom. The SMILES string of the molecule is C=CC.C=CCC(O)=CC.CC=CC=O.O.[HH]. The third kappa shape index (κ3) is 55.3. The van der Waals surface area contributed by atoms with Gasteiger partial charge in [-0.15, -0.1) is 13.2 Å². The van der Waals surface area contributed by atoms with Gasteiger partial charge in [-0.1, -0.05) is 18.2 Å². The molecule has 0 atom stereocenters. The Balaban J connectivity index is -0.0000000430. The van der Waals surface area contributed by atoms with Crippen LogP contribution in [0.3, 0.4) is 0 Å². The maximum Gasteiger partial charge on any atom is 0.142 e. The average molecular weight is 230 g/mol. The predicted molar refractivity (Wildman–Crippen MR) is 73.7 cm³/mol. The number of allylic oxidation sites excluding steroid dienone is 5. The van der Waals surface area contributed by atoms with Crippen molar-refractivity contribution in [3.05, 3.63) is 49.3 Å². The van der Waals surface area contributed by atoms with Crippen molar-refractivity contribution < 1.29 is 16.8 Å². The molecular weight excluding hydrogens is 204 g/mol. The van der Waals surface area contributed by atoms with Gasteiger partial charge in [0.15, 0.2) is 0 Å². The lowest BCUT2D eigenvalue weighted by Gasteiger charge is -1.86. The van der Waals surface area contributed by atoms with Gasteiger partial charge in [0, 0.05) is 7.85 Å². The highest BCUT2D eigenvalue weighted by Gasteiger charge is 1.79. The quantitative estimate of drug-likeness (QED) is 0.349. The van der Waals surface area contributed by atoms with E-state index in [2.05, 4.69) is 13.2 Å². The predicted octanol–water partition coefficient (Wildman–Crippen LogP) is 3.40. The molecule has 3 heteroatoms. The molecule has 0 unspecified atom stereocenters. The summed E-state index contributed by atoms with van der Waals surface area (Å²) in [6, 6.07) is 0. The van der Waals surface area contributed by atoms with E-state index >= 15 is 0 Å². The van der Waals surface area contributed by atoms with Crippen LogP contribution in [0.15, 0.2) is 49.3 Å². The molecule has 0 heterocycles. The van der Waals surface area contributed by atoms with Crippen LogP contribution in [0.25, 0.3) is 0 Å². The van der Waals surface area contributed by atoms with Crippen molar-refractivity contribution in [3.63, 3.8) is 0 Å². The Labute approximate surface area is 100 Å². The smallest absolute Gasteiger partial charge is 0.142 e. The lowest BCUT2D eigenvalue weighted by Crippen LogP contribution is -1.72. The summed E-state index contributed by atoms with van der Waals surface area (Å²) < 4.78 is 0. The van der Waals surface area contributed by atoms with Gasteiger partial charge in [0.05, 0.1) is 5.76 Å². The summed E-state index contributed by atoms with van der Waals surface area (Å²) in [5, 5.41) is 8.65. The fourth-order valence-electron chi connectivity index (χ4n) is 0.344. The van der Waals surface area contributed by atoms with Crippen LogP contribution in [0, 0.1) is 0 Å². The number of aliphatic hydroxyl groups is 1. The zero-order chi connectivity index (χ0) is 12.5. The fourth-order valence-corrected chi connectivity index (χ4v) is 0.344. The maximum atomic E-state index is 9.32. The molecular formula is C13H26O3. The first-order chi connectivity index (χ1) is 7.14. The fraction of sp³-hybridized carbons (Fsp3) is 0.308. The van der Waals surface area contributed by atoms with E-state index in [1.165, 1.54) is 6.08 Å². The Hall–Kier alpha value is -1.61. The number of aliphatic hydroxyl groups excluding tert-OH is 1. The van der Waals surface area contributed by atoms with Gasteiger partial charge in [-0.05, 0) is 32.9 Å². The number of aldehydes is 1. The molecule has 0 aromatic carbocycles.